The fourth-order valence-electron chi connectivity index (χ4n) is 2.64. The van der Waals surface area contributed by atoms with Gasteiger partial charge in [0.2, 0.25) is 0 Å². The van der Waals surface area contributed by atoms with Crippen molar-refractivity contribution in [3.8, 4) is 0 Å². The summed E-state index contributed by atoms with van der Waals surface area (Å²) in [7, 11) is 1.88. The molecule has 102 valence electrons. The molecule has 0 aromatic rings. The van der Waals surface area contributed by atoms with E-state index in [2.05, 4.69) is 0 Å². The summed E-state index contributed by atoms with van der Waals surface area (Å²) in [5.41, 5.74) is 0. The lowest BCUT2D eigenvalue weighted by atomic mass is 9.93. The predicted octanol–water partition coefficient (Wildman–Crippen LogP) is 1.78. The Morgan fingerprint density at radius 3 is 2.67 bits per heavy atom. The first-order valence-electron chi connectivity index (χ1n) is 6.81. The summed E-state index contributed by atoms with van der Waals surface area (Å²) in [5.74, 6) is -0.389. The van der Waals surface area contributed by atoms with Crippen molar-refractivity contribution in [3.05, 3.63) is 0 Å². The molecule has 0 spiro atoms. The lowest BCUT2D eigenvalue weighted by Gasteiger charge is -2.35. The van der Waals surface area contributed by atoms with E-state index >= 15 is 0 Å². The van der Waals surface area contributed by atoms with Crippen molar-refractivity contribution in [2.45, 2.75) is 44.6 Å². The van der Waals surface area contributed by atoms with Crippen LogP contribution in [0.3, 0.4) is 0 Å². The van der Waals surface area contributed by atoms with Crippen molar-refractivity contribution in [2.75, 3.05) is 20.1 Å². The molecule has 0 radical (unpaired) electrons. The first-order chi connectivity index (χ1) is 8.58. The lowest BCUT2D eigenvalue weighted by molar-refractivity contribution is -0.137. The van der Waals surface area contributed by atoms with Gasteiger partial charge in [0.05, 0.1) is 0 Å². The van der Waals surface area contributed by atoms with Crippen LogP contribution in [0.4, 0.5) is 4.79 Å². The molecule has 1 aliphatic carbocycles. The van der Waals surface area contributed by atoms with Crippen LogP contribution in [0.15, 0.2) is 0 Å². The molecule has 0 aromatic carbocycles. The Morgan fingerprint density at radius 2 is 2.06 bits per heavy atom. The number of likely N-dealkylation sites (tertiary alicyclic amines) is 1. The number of amides is 2. The van der Waals surface area contributed by atoms with Gasteiger partial charge in [-0.05, 0) is 38.0 Å². The van der Waals surface area contributed by atoms with Crippen molar-refractivity contribution < 1.29 is 14.7 Å². The lowest BCUT2D eigenvalue weighted by Crippen LogP contribution is -2.47. The van der Waals surface area contributed by atoms with Crippen molar-refractivity contribution in [1.82, 2.24) is 9.80 Å². The number of carbonyl (C=O) groups excluding carboxylic acids is 1. The van der Waals surface area contributed by atoms with Crippen LogP contribution >= 0.6 is 0 Å². The van der Waals surface area contributed by atoms with E-state index < -0.39 is 5.97 Å². The van der Waals surface area contributed by atoms with Gasteiger partial charge in [0, 0.05) is 32.6 Å². The van der Waals surface area contributed by atoms with Gasteiger partial charge in [0.25, 0.3) is 0 Å². The Morgan fingerprint density at radius 1 is 1.33 bits per heavy atom. The molecule has 1 saturated heterocycles. The number of nitrogens with zero attached hydrogens (tertiary/aromatic N) is 2. The second-order valence-corrected chi connectivity index (χ2v) is 5.51. The molecule has 0 aromatic heterocycles. The monoisotopic (exact) mass is 254 g/mol. The number of hydrogen-bond acceptors (Lipinski definition) is 2. The summed E-state index contributed by atoms with van der Waals surface area (Å²) in [6.45, 7) is 1.54. The molecule has 5 heteroatoms. The SMILES string of the molecule is CN(C(=O)N1CCCC(CCC(=O)O)C1)C1CC1. The highest BCUT2D eigenvalue weighted by Crippen LogP contribution is 2.28. The molecule has 2 amide bonds. The standard InChI is InChI=1S/C13H22N2O3/c1-14(11-5-6-11)13(18)15-8-2-3-10(9-15)4-7-12(16)17/h10-11H,2-9H2,1H3,(H,16,17). The number of carboxylic acids is 1. The number of urea groups is 1. The quantitative estimate of drug-likeness (QED) is 0.831. The molecule has 2 aliphatic rings. The minimum absolute atomic E-state index is 0.123. The number of carboxylic acid groups (broad SMARTS) is 1. The highest BCUT2D eigenvalue weighted by atomic mass is 16.4. The maximum Gasteiger partial charge on any atom is 0.319 e. The molecule has 2 fully saturated rings. The molecule has 1 atom stereocenters. The molecule has 1 heterocycles. The van der Waals surface area contributed by atoms with Crippen molar-refractivity contribution in [1.29, 1.82) is 0 Å². The van der Waals surface area contributed by atoms with Crippen LogP contribution in [0.25, 0.3) is 0 Å². The molecule has 1 unspecified atom stereocenters. The fraction of sp³-hybridized carbons (Fsp3) is 0.846. The highest BCUT2D eigenvalue weighted by molar-refractivity contribution is 5.75. The molecule has 0 bridgehead atoms. The Balaban J connectivity index is 1.81. The Bertz CT molecular complexity index is 328. The van der Waals surface area contributed by atoms with Crippen LogP contribution in [-0.4, -0.2) is 53.1 Å². The van der Waals surface area contributed by atoms with E-state index in [1.807, 2.05) is 16.8 Å². The normalized spacial score (nSPS) is 23.8. The highest BCUT2D eigenvalue weighted by Gasteiger charge is 2.33. The van der Waals surface area contributed by atoms with E-state index in [0.717, 1.165) is 38.8 Å². The number of rotatable bonds is 4. The molecule has 1 N–H and O–H groups in total. The average molecular weight is 254 g/mol. The van der Waals surface area contributed by atoms with Gasteiger partial charge in [-0.15, -0.1) is 0 Å². The largest absolute Gasteiger partial charge is 0.481 e. The zero-order chi connectivity index (χ0) is 13.1. The zero-order valence-corrected chi connectivity index (χ0v) is 11.0. The third kappa shape index (κ3) is 3.37. The second-order valence-electron chi connectivity index (χ2n) is 5.51. The van der Waals surface area contributed by atoms with Crippen LogP contribution in [0.2, 0.25) is 0 Å². The van der Waals surface area contributed by atoms with E-state index in [-0.39, 0.29) is 12.5 Å². The van der Waals surface area contributed by atoms with E-state index in [1.54, 1.807) is 0 Å². The minimum atomic E-state index is -0.742. The van der Waals surface area contributed by atoms with Crippen molar-refractivity contribution in [3.63, 3.8) is 0 Å². The average Bonchev–Trinajstić information content (AvgIpc) is 3.19. The van der Waals surface area contributed by atoms with Gasteiger partial charge in [-0.1, -0.05) is 0 Å². The first kappa shape index (κ1) is 13.2. The number of hydrogen-bond donors (Lipinski definition) is 1. The molecular formula is C13H22N2O3. The summed E-state index contributed by atoms with van der Waals surface area (Å²) in [6, 6.07) is 0.564. The van der Waals surface area contributed by atoms with Crippen LogP contribution in [-0.2, 0) is 4.79 Å². The smallest absolute Gasteiger partial charge is 0.319 e. The van der Waals surface area contributed by atoms with Crippen molar-refractivity contribution in [2.24, 2.45) is 5.92 Å². The molecular weight excluding hydrogens is 232 g/mol. The molecule has 5 nitrogen and oxygen atoms in total. The minimum Gasteiger partial charge on any atom is -0.481 e. The summed E-state index contributed by atoms with van der Waals surface area (Å²) in [4.78, 5) is 26.5. The zero-order valence-electron chi connectivity index (χ0n) is 11.0. The summed E-state index contributed by atoms with van der Waals surface area (Å²) in [5, 5.41) is 8.70. The van der Waals surface area contributed by atoms with Crippen LogP contribution < -0.4 is 0 Å². The van der Waals surface area contributed by atoms with Gasteiger partial charge in [-0.25, -0.2) is 4.79 Å². The topological polar surface area (TPSA) is 60.9 Å². The Hall–Kier alpha value is -1.26. The van der Waals surface area contributed by atoms with Crippen LogP contribution in [0.1, 0.15) is 38.5 Å². The fourth-order valence-corrected chi connectivity index (χ4v) is 2.64. The van der Waals surface area contributed by atoms with Gasteiger partial charge in [0.15, 0.2) is 0 Å². The van der Waals surface area contributed by atoms with E-state index in [4.69, 9.17) is 5.11 Å². The van der Waals surface area contributed by atoms with Crippen LogP contribution in [0.5, 0.6) is 0 Å². The van der Waals surface area contributed by atoms with Gasteiger partial charge in [0.1, 0.15) is 0 Å². The Kier molecular flexibility index (Phi) is 4.09. The molecule has 18 heavy (non-hydrogen) atoms. The molecule has 2 rings (SSSR count). The third-order valence-electron chi connectivity index (χ3n) is 3.95. The van der Waals surface area contributed by atoms with E-state index in [9.17, 15) is 9.59 Å². The van der Waals surface area contributed by atoms with Gasteiger partial charge in [-0.2, -0.15) is 0 Å². The molecule has 1 saturated carbocycles. The number of aliphatic carboxylic acids is 1. The van der Waals surface area contributed by atoms with E-state index in [1.165, 1.54) is 0 Å². The predicted molar refractivity (Wildman–Crippen MR) is 67.3 cm³/mol. The third-order valence-corrected chi connectivity index (χ3v) is 3.95. The van der Waals surface area contributed by atoms with Gasteiger partial charge in [-0.3, -0.25) is 4.79 Å². The Labute approximate surface area is 108 Å². The second kappa shape index (κ2) is 5.59. The summed E-state index contributed by atoms with van der Waals surface area (Å²) < 4.78 is 0. The van der Waals surface area contributed by atoms with Gasteiger partial charge >= 0.3 is 12.0 Å². The van der Waals surface area contributed by atoms with Crippen LogP contribution in [0, 0.1) is 5.92 Å². The first-order valence-corrected chi connectivity index (χ1v) is 6.81. The summed E-state index contributed by atoms with van der Waals surface area (Å²) in [6.07, 6.45) is 5.19. The maximum absolute atomic E-state index is 12.2. The van der Waals surface area contributed by atoms with Gasteiger partial charge < -0.3 is 14.9 Å². The maximum atomic E-state index is 12.2. The summed E-state index contributed by atoms with van der Waals surface area (Å²) >= 11 is 0. The van der Waals surface area contributed by atoms with Crippen molar-refractivity contribution >= 4 is 12.0 Å². The van der Waals surface area contributed by atoms with E-state index in [0.29, 0.717) is 18.4 Å². The number of piperidine rings is 1. The molecule has 1 aliphatic heterocycles. The number of carbonyl (C=O) groups is 2.